The Bertz CT molecular complexity index is 2350. The monoisotopic (exact) mass is 783 g/mol. The zero-order valence-corrected chi connectivity index (χ0v) is 31.7. The SMILES string of the molecule is CC(=O)c1sc2nc(C3CC3)nc(-c3ccc(Cl)c(Cl)c3)c2c1N.CC(=O)c1sc2nc(NC(C)(C)CO)nc(-c3cc(O)cc(Cl)c3)c2c1N. The Balaban J connectivity index is 0.000000177. The van der Waals surface area contributed by atoms with Gasteiger partial charge in [0.25, 0.3) is 0 Å². The van der Waals surface area contributed by atoms with Crippen LogP contribution in [0.5, 0.6) is 5.75 Å². The molecule has 7 N–H and O–H groups in total. The predicted molar refractivity (Wildman–Crippen MR) is 208 cm³/mol. The number of aliphatic hydroxyl groups excluding tert-OH is 1. The maximum absolute atomic E-state index is 11.9. The van der Waals surface area contributed by atoms with E-state index in [1.165, 1.54) is 48.7 Å². The highest BCUT2D eigenvalue weighted by Crippen LogP contribution is 2.45. The van der Waals surface area contributed by atoms with E-state index in [2.05, 4.69) is 20.3 Å². The molecule has 4 aromatic heterocycles. The molecule has 1 fully saturated rings. The van der Waals surface area contributed by atoms with Crippen molar-refractivity contribution in [3.05, 3.63) is 67.0 Å². The first-order valence-electron chi connectivity index (χ1n) is 15.6. The molecule has 0 spiro atoms. The van der Waals surface area contributed by atoms with Crippen molar-refractivity contribution in [1.29, 1.82) is 0 Å². The summed E-state index contributed by atoms with van der Waals surface area (Å²) < 4.78 is 0. The molecule has 0 unspecified atom stereocenters. The summed E-state index contributed by atoms with van der Waals surface area (Å²) in [6.07, 6.45) is 2.18. The lowest BCUT2D eigenvalue weighted by molar-refractivity contribution is 0.101. The first kappa shape index (κ1) is 36.7. The van der Waals surface area contributed by atoms with Gasteiger partial charge in [0.1, 0.15) is 21.2 Å². The van der Waals surface area contributed by atoms with Gasteiger partial charge in [-0.3, -0.25) is 9.59 Å². The maximum atomic E-state index is 11.9. The smallest absolute Gasteiger partial charge is 0.225 e. The number of fused-ring (bicyclic) bond motifs is 2. The molecule has 1 aliphatic rings. The molecule has 0 saturated heterocycles. The van der Waals surface area contributed by atoms with Crippen LogP contribution in [0.2, 0.25) is 15.1 Å². The first-order chi connectivity index (χ1) is 24.1. The number of rotatable bonds is 8. The van der Waals surface area contributed by atoms with E-state index in [1.807, 2.05) is 6.07 Å². The minimum atomic E-state index is -0.659. The molecule has 0 amide bonds. The Morgan fingerprint density at radius 3 is 1.96 bits per heavy atom. The molecule has 1 aliphatic carbocycles. The third-order valence-electron chi connectivity index (χ3n) is 7.97. The number of aromatic hydroxyl groups is 1. The number of aliphatic hydroxyl groups is 1. The number of nitrogens with one attached hydrogen (secondary N) is 1. The van der Waals surface area contributed by atoms with Crippen molar-refractivity contribution in [2.75, 3.05) is 23.4 Å². The lowest BCUT2D eigenvalue weighted by Gasteiger charge is -2.23. The number of carbonyl (C=O) groups excluding carboxylic acids is 2. The van der Waals surface area contributed by atoms with Gasteiger partial charge in [0.05, 0.1) is 65.5 Å². The summed E-state index contributed by atoms with van der Waals surface area (Å²) >= 11 is 20.8. The number of phenols is 1. The Labute approximate surface area is 315 Å². The Hall–Kier alpha value is -4.11. The predicted octanol–water partition coefficient (Wildman–Crippen LogP) is 9.01. The van der Waals surface area contributed by atoms with Crippen LogP contribution < -0.4 is 16.8 Å². The number of anilines is 3. The van der Waals surface area contributed by atoms with Gasteiger partial charge in [-0.15, -0.1) is 22.7 Å². The summed E-state index contributed by atoms with van der Waals surface area (Å²) in [5.41, 5.74) is 15.0. The number of Topliss-reactive ketones (excluding diaryl/α,β-unsaturated/α-hetero) is 2. The fraction of sp³-hybridized carbons (Fsp3) is 0.257. The summed E-state index contributed by atoms with van der Waals surface area (Å²) in [7, 11) is 0. The number of aromatic nitrogens is 4. The number of nitrogens with two attached hydrogens (primary N) is 2. The molecule has 11 nitrogen and oxygen atoms in total. The second-order valence-corrected chi connectivity index (χ2v) is 16.0. The molecular weight excluding hydrogens is 753 g/mol. The van der Waals surface area contributed by atoms with Gasteiger partial charge >= 0.3 is 0 Å². The molecule has 2 aromatic carbocycles. The van der Waals surface area contributed by atoms with Gasteiger partial charge in [-0.05, 0) is 57.0 Å². The number of nitrogens with zero attached hydrogens (tertiary/aromatic N) is 4. The second kappa shape index (κ2) is 14.1. The summed E-state index contributed by atoms with van der Waals surface area (Å²) in [6.45, 7) is 6.42. The molecule has 0 bridgehead atoms. The van der Waals surface area contributed by atoms with Gasteiger partial charge in [-0.2, -0.15) is 0 Å². The van der Waals surface area contributed by atoms with E-state index >= 15 is 0 Å². The van der Waals surface area contributed by atoms with E-state index < -0.39 is 5.54 Å². The Morgan fingerprint density at radius 1 is 0.843 bits per heavy atom. The van der Waals surface area contributed by atoms with Gasteiger partial charge < -0.3 is 27.0 Å². The number of hydrogen-bond donors (Lipinski definition) is 5. The number of nitrogen functional groups attached to an aromatic ring is 2. The topological polar surface area (TPSA) is 190 Å². The van der Waals surface area contributed by atoms with Gasteiger partial charge in [-0.25, -0.2) is 19.9 Å². The molecule has 7 rings (SSSR count). The van der Waals surface area contributed by atoms with E-state index in [1.54, 1.807) is 32.0 Å². The largest absolute Gasteiger partial charge is 0.508 e. The summed E-state index contributed by atoms with van der Waals surface area (Å²) in [5, 5.41) is 25.0. The number of halogens is 3. The lowest BCUT2D eigenvalue weighted by atomic mass is 10.1. The highest BCUT2D eigenvalue weighted by molar-refractivity contribution is 7.21. The molecule has 264 valence electrons. The van der Waals surface area contributed by atoms with Gasteiger partial charge in [0, 0.05) is 35.9 Å². The summed E-state index contributed by atoms with van der Waals surface area (Å²) in [4.78, 5) is 44.3. The first-order valence-corrected chi connectivity index (χ1v) is 18.4. The summed E-state index contributed by atoms with van der Waals surface area (Å²) in [5.74, 6) is 1.21. The molecule has 51 heavy (non-hydrogen) atoms. The van der Waals surface area contributed by atoms with Crippen molar-refractivity contribution in [2.24, 2.45) is 0 Å². The summed E-state index contributed by atoms with van der Waals surface area (Å²) in [6, 6.07) is 9.94. The van der Waals surface area contributed by atoms with E-state index in [4.69, 9.17) is 51.3 Å². The lowest BCUT2D eigenvalue weighted by Crippen LogP contribution is -2.35. The Morgan fingerprint density at radius 2 is 1.43 bits per heavy atom. The molecule has 0 atom stereocenters. The number of benzene rings is 2. The average Bonchev–Trinajstić information content (AvgIpc) is 3.79. The van der Waals surface area contributed by atoms with Crippen LogP contribution in [0.25, 0.3) is 42.9 Å². The highest BCUT2D eigenvalue weighted by Gasteiger charge is 2.30. The molecule has 1 saturated carbocycles. The number of thiophene rings is 2. The third-order valence-corrected chi connectivity index (χ3v) is 11.3. The molecule has 6 aromatic rings. The molecule has 0 aliphatic heterocycles. The second-order valence-electron chi connectivity index (χ2n) is 12.8. The fourth-order valence-corrected chi connectivity index (χ4v) is 7.79. The maximum Gasteiger partial charge on any atom is 0.225 e. The normalized spacial score (nSPS) is 12.9. The van der Waals surface area contributed by atoms with E-state index in [0.29, 0.717) is 74.7 Å². The minimum Gasteiger partial charge on any atom is -0.508 e. The number of phenolic OH excluding ortho intramolecular Hbond substituents is 1. The highest BCUT2D eigenvalue weighted by atomic mass is 35.5. The van der Waals surface area contributed by atoms with Crippen LogP contribution >= 0.6 is 57.5 Å². The van der Waals surface area contributed by atoms with E-state index in [0.717, 1.165) is 29.1 Å². The quantitative estimate of drug-likeness (QED) is 0.0926. The van der Waals surface area contributed by atoms with Crippen LogP contribution in [0.3, 0.4) is 0 Å². The zero-order chi connectivity index (χ0) is 36.9. The van der Waals surface area contributed by atoms with Crippen molar-refractivity contribution in [3.8, 4) is 28.3 Å². The van der Waals surface area contributed by atoms with E-state index in [9.17, 15) is 19.8 Å². The van der Waals surface area contributed by atoms with E-state index in [-0.39, 0.29) is 29.9 Å². The molecule has 16 heteroatoms. The number of ketones is 2. The average molecular weight is 785 g/mol. The van der Waals surface area contributed by atoms with Crippen molar-refractivity contribution in [2.45, 2.75) is 52.0 Å². The van der Waals surface area contributed by atoms with Crippen LogP contribution in [0.4, 0.5) is 17.3 Å². The van der Waals surface area contributed by atoms with Crippen LogP contribution in [0.1, 0.15) is 71.6 Å². The molecule has 0 radical (unpaired) electrons. The van der Waals surface area contributed by atoms with Gasteiger partial charge in [0.15, 0.2) is 11.6 Å². The molecular formula is C35H32Cl3N7O4S2. The van der Waals surface area contributed by atoms with Gasteiger partial charge in [0.2, 0.25) is 5.95 Å². The number of hydrogen-bond acceptors (Lipinski definition) is 13. The van der Waals surface area contributed by atoms with Gasteiger partial charge in [-0.1, -0.05) is 40.9 Å². The van der Waals surface area contributed by atoms with Crippen LogP contribution in [-0.4, -0.2) is 53.9 Å². The Kier molecular flexibility index (Phi) is 10.2. The van der Waals surface area contributed by atoms with Crippen LogP contribution in [0, 0.1) is 0 Å². The number of carbonyl (C=O) groups is 2. The zero-order valence-electron chi connectivity index (χ0n) is 27.8. The minimum absolute atomic E-state index is 0.0185. The standard InChI is InChI=1S/C18H19ClN4O3S.C17H13Cl2N3OS/c1-8(25)15-13(20)12-14(9-4-10(19)6-11(26)5-9)21-17(22-16(12)27-15)23-18(2,3)7-24;1-7(23)15-13(20)12-14(9-4-5-10(18)11(19)6-9)21-16(8-2-3-8)22-17(12)24-15/h4-6,24,26H,7,20H2,1-3H3,(H,21,22,23);4-6,8H,2-3,20H2,1H3. The van der Waals surface area contributed by atoms with Crippen LogP contribution in [0.15, 0.2) is 36.4 Å². The van der Waals surface area contributed by atoms with Crippen molar-refractivity contribution >= 4 is 107 Å². The molecule has 4 heterocycles. The van der Waals surface area contributed by atoms with Crippen molar-refractivity contribution in [1.82, 2.24) is 19.9 Å². The van der Waals surface area contributed by atoms with Crippen molar-refractivity contribution < 1.29 is 19.8 Å². The fourth-order valence-electron chi connectivity index (χ4n) is 5.28. The van der Waals surface area contributed by atoms with Crippen molar-refractivity contribution in [3.63, 3.8) is 0 Å². The van der Waals surface area contributed by atoms with Crippen LogP contribution in [-0.2, 0) is 0 Å². The third kappa shape index (κ3) is 7.59.